The number of halogens is 2. The number of hydrogen-bond acceptors (Lipinski definition) is 3. The standard InChI is InChI=1S/C13H24F2O3/c1-3-4-5-6-7-8-11-9-17-12(18-10-11)13(14,15)16-2/h11-12H,3-10H2,1-2H3. The predicted octanol–water partition coefficient (Wildman–Crippen LogP) is 3.58. The van der Waals surface area contributed by atoms with E-state index in [1.807, 2.05) is 0 Å². The Morgan fingerprint density at radius 3 is 2.28 bits per heavy atom. The Kier molecular flexibility index (Phi) is 7.04. The van der Waals surface area contributed by atoms with Crippen LogP contribution in [0.5, 0.6) is 0 Å². The van der Waals surface area contributed by atoms with Crippen molar-refractivity contribution in [2.24, 2.45) is 5.92 Å². The van der Waals surface area contributed by atoms with Gasteiger partial charge in [0.2, 0.25) is 0 Å². The average Bonchev–Trinajstić information content (AvgIpc) is 2.39. The molecule has 3 nitrogen and oxygen atoms in total. The maximum absolute atomic E-state index is 13.1. The van der Waals surface area contributed by atoms with E-state index in [4.69, 9.17) is 9.47 Å². The molecule has 1 aliphatic rings. The van der Waals surface area contributed by atoms with Gasteiger partial charge in [-0.2, -0.15) is 8.78 Å². The molecule has 1 rings (SSSR count). The first-order chi connectivity index (χ1) is 8.60. The molecule has 0 aliphatic carbocycles. The summed E-state index contributed by atoms with van der Waals surface area (Å²) in [5.74, 6) is 0.232. The first-order valence-corrected chi connectivity index (χ1v) is 6.76. The van der Waals surface area contributed by atoms with Gasteiger partial charge in [-0.05, 0) is 6.42 Å². The highest BCUT2D eigenvalue weighted by Gasteiger charge is 2.44. The lowest BCUT2D eigenvalue weighted by Crippen LogP contribution is -2.45. The van der Waals surface area contributed by atoms with E-state index >= 15 is 0 Å². The number of hydrogen-bond donors (Lipinski definition) is 0. The van der Waals surface area contributed by atoms with Crippen LogP contribution in [0.2, 0.25) is 0 Å². The van der Waals surface area contributed by atoms with Crippen molar-refractivity contribution in [1.29, 1.82) is 0 Å². The normalized spacial score (nSPS) is 25.3. The molecule has 1 heterocycles. The Labute approximate surface area is 108 Å². The summed E-state index contributed by atoms with van der Waals surface area (Å²) in [6, 6.07) is 0. The van der Waals surface area contributed by atoms with Gasteiger partial charge < -0.3 is 14.2 Å². The number of alkyl halides is 2. The minimum absolute atomic E-state index is 0.232. The van der Waals surface area contributed by atoms with Gasteiger partial charge in [-0.3, -0.25) is 0 Å². The zero-order valence-electron chi connectivity index (χ0n) is 11.3. The first kappa shape index (κ1) is 15.8. The second-order valence-electron chi connectivity index (χ2n) is 4.83. The fraction of sp³-hybridized carbons (Fsp3) is 1.00. The molecule has 0 aromatic carbocycles. The highest BCUT2D eigenvalue weighted by Crippen LogP contribution is 2.28. The van der Waals surface area contributed by atoms with Crippen molar-refractivity contribution in [3.63, 3.8) is 0 Å². The van der Waals surface area contributed by atoms with Gasteiger partial charge in [-0.1, -0.05) is 39.0 Å². The fourth-order valence-electron chi connectivity index (χ4n) is 2.04. The Bertz CT molecular complexity index is 216. The lowest BCUT2D eigenvalue weighted by molar-refractivity contribution is -0.371. The minimum atomic E-state index is -3.36. The van der Waals surface area contributed by atoms with Crippen LogP contribution in [0.4, 0.5) is 8.78 Å². The quantitative estimate of drug-likeness (QED) is 0.628. The summed E-state index contributed by atoms with van der Waals surface area (Å²) in [6.45, 7) is 2.84. The van der Waals surface area contributed by atoms with Crippen molar-refractivity contribution in [2.75, 3.05) is 20.3 Å². The molecule has 0 aromatic heterocycles. The Hall–Kier alpha value is -0.260. The number of rotatable bonds is 8. The van der Waals surface area contributed by atoms with E-state index < -0.39 is 12.4 Å². The monoisotopic (exact) mass is 266 g/mol. The van der Waals surface area contributed by atoms with Crippen LogP contribution in [0.1, 0.15) is 45.4 Å². The zero-order chi connectivity index (χ0) is 13.4. The SMILES string of the molecule is CCCCCCCC1COC(C(F)(F)OC)OC1. The summed E-state index contributed by atoms with van der Waals surface area (Å²) in [6.07, 6.45) is 2.11. The summed E-state index contributed by atoms with van der Waals surface area (Å²) in [5.41, 5.74) is 0. The zero-order valence-corrected chi connectivity index (χ0v) is 11.3. The third-order valence-corrected chi connectivity index (χ3v) is 3.23. The predicted molar refractivity (Wildman–Crippen MR) is 64.5 cm³/mol. The number of unbranched alkanes of at least 4 members (excludes halogenated alkanes) is 4. The van der Waals surface area contributed by atoms with Gasteiger partial charge in [0.05, 0.1) is 13.2 Å². The van der Waals surface area contributed by atoms with Crippen LogP contribution in [-0.2, 0) is 14.2 Å². The molecular weight excluding hydrogens is 242 g/mol. The number of methoxy groups -OCH3 is 1. The summed E-state index contributed by atoms with van der Waals surface area (Å²) in [5, 5.41) is 0. The third-order valence-electron chi connectivity index (χ3n) is 3.23. The van der Waals surface area contributed by atoms with Crippen LogP contribution in [0.15, 0.2) is 0 Å². The molecule has 0 N–H and O–H groups in total. The van der Waals surface area contributed by atoms with Crippen molar-refractivity contribution in [1.82, 2.24) is 0 Å². The second-order valence-corrected chi connectivity index (χ2v) is 4.83. The molecule has 18 heavy (non-hydrogen) atoms. The van der Waals surface area contributed by atoms with E-state index in [-0.39, 0.29) is 5.92 Å². The van der Waals surface area contributed by atoms with Crippen molar-refractivity contribution in [2.45, 2.75) is 57.8 Å². The van der Waals surface area contributed by atoms with Crippen LogP contribution < -0.4 is 0 Å². The summed E-state index contributed by atoms with van der Waals surface area (Å²) in [4.78, 5) is 0. The highest BCUT2D eigenvalue weighted by atomic mass is 19.3. The van der Waals surface area contributed by atoms with Gasteiger partial charge in [0.15, 0.2) is 0 Å². The van der Waals surface area contributed by atoms with Crippen molar-refractivity contribution in [3.05, 3.63) is 0 Å². The molecule has 1 aliphatic heterocycles. The van der Waals surface area contributed by atoms with E-state index in [2.05, 4.69) is 11.7 Å². The fourth-order valence-corrected chi connectivity index (χ4v) is 2.04. The van der Waals surface area contributed by atoms with Gasteiger partial charge in [-0.15, -0.1) is 0 Å². The van der Waals surface area contributed by atoms with Gasteiger partial charge in [0, 0.05) is 13.0 Å². The van der Waals surface area contributed by atoms with Crippen molar-refractivity contribution in [3.8, 4) is 0 Å². The molecule has 0 unspecified atom stereocenters. The maximum atomic E-state index is 13.1. The summed E-state index contributed by atoms with van der Waals surface area (Å²) < 4.78 is 40.3. The van der Waals surface area contributed by atoms with Crippen LogP contribution in [0.25, 0.3) is 0 Å². The molecule has 0 amide bonds. The molecule has 0 atom stereocenters. The van der Waals surface area contributed by atoms with Crippen LogP contribution in [0.3, 0.4) is 0 Å². The highest BCUT2D eigenvalue weighted by molar-refractivity contribution is 4.68. The van der Waals surface area contributed by atoms with Crippen LogP contribution in [0, 0.1) is 5.92 Å². The Balaban J connectivity index is 2.12. The smallest absolute Gasteiger partial charge is 0.345 e. The Morgan fingerprint density at radius 1 is 1.11 bits per heavy atom. The van der Waals surface area contributed by atoms with E-state index in [1.54, 1.807) is 0 Å². The molecule has 1 saturated heterocycles. The second kappa shape index (κ2) is 8.02. The number of ether oxygens (including phenoxy) is 3. The van der Waals surface area contributed by atoms with Gasteiger partial charge in [-0.25, -0.2) is 0 Å². The third kappa shape index (κ3) is 5.16. The summed E-state index contributed by atoms with van der Waals surface area (Å²) in [7, 11) is 0.951. The lowest BCUT2D eigenvalue weighted by Gasteiger charge is -2.32. The largest absolute Gasteiger partial charge is 0.406 e. The van der Waals surface area contributed by atoms with Gasteiger partial charge in [0.25, 0.3) is 6.29 Å². The first-order valence-electron chi connectivity index (χ1n) is 6.76. The summed E-state index contributed by atoms with van der Waals surface area (Å²) >= 11 is 0. The van der Waals surface area contributed by atoms with Crippen LogP contribution in [-0.4, -0.2) is 32.7 Å². The average molecular weight is 266 g/mol. The van der Waals surface area contributed by atoms with E-state index in [0.717, 1.165) is 20.0 Å². The molecular formula is C13H24F2O3. The molecule has 5 heteroatoms. The van der Waals surface area contributed by atoms with Crippen molar-refractivity contribution >= 4 is 0 Å². The van der Waals surface area contributed by atoms with E-state index in [9.17, 15) is 8.78 Å². The molecule has 108 valence electrons. The molecule has 0 saturated carbocycles. The molecule has 0 radical (unpaired) electrons. The van der Waals surface area contributed by atoms with Crippen LogP contribution >= 0.6 is 0 Å². The van der Waals surface area contributed by atoms with Gasteiger partial charge >= 0.3 is 6.11 Å². The maximum Gasteiger partial charge on any atom is 0.406 e. The molecule has 1 fully saturated rings. The van der Waals surface area contributed by atoms with E-state index in [0.29, 0.717) is 13.2 Å². The van der Waals surface area contributed by atoms with E-state index in [1.165, 1.54) is 25.7 Å². The molecule has 0 aromatic rings. The minimum Gasteiger partial charge on any atom is -0.345 e. The molecule has 0 spiro atoms. The Morgan fingerprint density at radius 2 is 1.72 bits per heavy atom. The van der Waals surface area contributed by atoms with Gasteiger partial charge in [0.1, 0.15) is 0 Å². The topological polar surface area (TPSA) is 27.7 Å². The lowest BCUT2D eigenvalue weighted by atomic mass is 10.0. The van der Waals surface area contributed by atoms with Crippen molar-refractivity contribution < 1.29 is 23.0 Å². The molecule has 0 bridgehead atoms.